The van der Waals surface area contributed by atoms with Crippen LogP contribution in [-0.2, 0) is 11.2 Å². The Morgan fingerprint density at radius 3 is 2.57 bits per heavy atom. The summed E-state index contributed by atoms with van der Waals surface area (Å²) >= 11 is 0. The molecular formula is C16H16N2O3. The van der Waals surface area contributed by atoms with Gasteiger partial charge < -0.3 is 15.6 Å². The van der Waals surface area contributed by atoms with Gasteiger partial charge in [0.2, 0.25) is 0 Å². The first-order valence-corrected chi connectivity index (χ1v) is 6.71. The molecule has 2 aromatic rings. The van der Waals surface area contributed by atoms with Gasteiger partial charge in [-0.25, -0.2) is 4.79 Å². The molecule has 0 spiro atoms. The van der Waals surface area contributed by atoms with E-state index < -0.39 is 6.03 Å². The smallest absolute Gasteiger partial charge is 0.323 e. The first kappa shape index (κ1) is 13.6. The number of para-hydroxylation sites is 2. The van der Waals surface area contributed by atoms with Crippen molar-refractivity contribution in [3.05, 3.63) is 59.7 Å². The summed E-state index contributed by atoms with van der Waals surface area (Å²) in [6.45, 7) is -0.377. The van der Waals surface area contributed by atoms with Gasteiger partial charge in [0.05, 0.1) is 17.5 Å². The van der Waals surface area contributed by atoms with E-state index in [0.717, 1.165) is 16.8 Å². The Balaban J connectivity index is 2.23. The van der Waals surface area contributed by atoms with Crippen LogP contribution in [0.4, 0.5) is 16.2 Å². The van der Waals surface area contributed by atoms with E-state index in [1.807, 2.05) is 48.5 Å². The lowest BCUT2D eigenvalue weighted by Gasteiger charge is -2.23. The maximum atomic E-state index is 12.0. The van der Waals surface area contributed by atoms with Crippen molar-refractivity contribution in [2.75, 3.05) is 11.7 Å². The molecule has 108 valence electrons. The Hall–Kier alpha value is -2.37. The summed E-state index contributed by atoms with van der Waals surface area (Å²) in [5.41, 5.74) is 8.81. The number of aliphatic hydroxyl groups excluding tert-OH is 1. The average molecular weight is 284 g/mol. The van der Waals surface area contributed by atoms with Gasteiger partial charge in [0, 0.05) is 12.0 Å². The summed E-state index contributed by atoms with van der Waals surface area (Å²) in [5, 5.41) is 9.13. The molecule has 0 radical (unpaired) electrons. The lowest BCUT2D eigenvalue weighted by atomic mass is 10.0. The SMILES string of the molecule is NC(=O)N1c2ccccc2C[C@H](OCO)c2ccccc21. The van der Waals surface area contributed by atoms with Crippen LogP contribution in [0.1, 0.15) is 17.2 Å². The van der Waals surface area contributed by atoms with Crippen molar-refractivity contribution in [3.63, 3.8) is 0 Å². The zero-order valence-electron chi connectivity index (χ0n) is 11.4. The fourth-order valence-electron chi connectivity index (χ4n) is 2.78. The Morgan fingerprint density at radius 1 is 1.19 bits per heavy atom. The van der Waals surface area contributed by atoms with Gasteiger partial charge in [0.15, 0.2) is 0 Å². The van der Waals surface area contributed by atoms with Crippen molar-refractivity contribution < 1.29 is 14.6 Å². The van der Waals surface area contributed by atoms with Gasteiger partial charge in [-0.05, 0) is 17.7 Å². The largest absolute Gasteiger partial charge is 0.371 e. The van der Waals surface area contributed by atoms with Gasteiger partial charge in [-0.3, -0.25) is 4.90 Å². The Morgan fingerprint density at radius 2 is 1.86 bits per heavy atom. The molecule has 5 heteroatoms. The van der Waals surface area contributed by atoms with Crippen LogP contribution in [0.25, 0.3) is 0 Å². The van der Waals surface area contributed by atoms with Crippen LogP contribution in [0, 0.1) is 0 Å². The number of ether oxygens (including phenoxy) is 1. The van der Waals surface area contributed by atoms with Crippen LogP contribution in [0.3, 0.4) is 0 Å². The van der Waals surface area contributed by atoms with Crippen molar-refractivity contribution in [2.24, 2.45) is 5.73 Å². The molecule has 1 atom stereocenters. The number of nitrogens with two attached hydrogens (primary N) is 1. The number of carbonyl (C=O) groups excluding carboxylic acids is 1. The minimum atomic E-state index is -0.542. The van der Waals surface area contributed by atoms with Crippen LogP contribution in [-0.4, -0.2) is 17.9 Å². The second-order valence-corrected chi connectivity index (χ2v) is 4.85. The standard InChI is InChI=1S/C16H16N2O3/c17-16(20)18-13-7-3-1-5-11(13)9-15(21-10-19)12-6-2-4-8-14(12)18/h1-8,15,19H,9-10H2,(H2,17,20)/t15-/m0/s1. The number of amides is 2. The predicted molar refractivity (Wildman–Crippen MR) is 79.2 cm³/mol. The maximum absolute atomic E-state index is 12.0. The van der Waals surface area contributed by atoms with E-state index in [1.54, 1.807) is 0 Å². The summed E-state index contributed by atoms with van der Waals surface area (Å²) in [4.78, 5) is 13.4. The zero-order chi connectivity index (χ0) is 14.8. The Bertz CT molecular complexity index is 672. The van der Waals surface area contributed by atoms with E-state index >= 15 is 0 Å². The molecule has 0 bridgehead atoms. The third-order valence-corrected chi connectivity index (χ3v) is 3.66. The number of hydrogen-bond acceptors (Lipinski definition) is 3. The van der Waals surface area contributed by atoms with Gasteiger partial charge in [0.25, 0.3) is 0 Å². The number of nitrogens with zero attached hydrogens (tertiary/aromatic N) is 1. The molecular weight excluding hydrogens is 268 g/mol. The monoisotopic (exact) mass is 284 g/mol. The highest BCUT2D eigenvalue weighted by molar-refractivity contribution is 6.00. The van der Waals surface area contributed by atoms with E-state index in [2.05, 4.69) is 0 Å². The molecule has 0 saturated heterocycles. The van der Waals surface area contributed by atoms with Crippen LogP contribution in [0.2, 0.25) is 0 Å². The quantitative estimate of drug-likeness (QED) is 0.832. The Kier molecular flexibility index (Phi) is 3.60. The highest BCUT2D eigenvalue weighted by Crippen LogP contribution is 2.40. The summed E-state index contributed by atoms with van der Waals surface area (Å²) < 4.78 is 5.45. The fraction of sp³-hybridized carbons (Fsp3) is 0.188. The maximum Gasteiger partial charge on any atom is 0.323 e. The van der Waals surface area contributed by atoms with Crippen molar-refractivity contribution in [1.29, 1.82) is 0 Å². The first-order chi connectivity index (χ1) is 10.2. The Labute approximate surface area is 122 Å². The molecule has 1 aliphatic heterocycles. The summed E-state index contributed by atoms with van der Waals surface area (Å²) in [6.07, 6.45) is 0.244. The molecule has 1 aliphatic rings. The normalized spacial score (nSPS) is 16.8. The molecule has 0 fully saturated rings. The molecule has 3 rings (SSSR count). The molecule has 2 aromatic carbocycles. The van der Waals surface area contributed by atoms with Gasteiger partial charge in [0.1, 0.15) is 6.79 Å². The second-order valence-electron chi connectivity index (χ2n) is 4.85. The number of rotatable bonds is 2. The van der Waals surface area contributed by atoms with Crippen molar-refractivity contribution in [2.45, 2.75) is 12.5 Å². The molecule has 3 N–H and O–H groups in total. The molecule has 0 unspecified atom stereocenters. The molecule has 0 saturated carbocycles. The third-order valence-electron chi connectivity index (χ3n) is 3.66. The number of urea groups is 1. The molecule has 0 aromatic heterocycles. The van der Waals surface area contributed by atoms with E-state index in [4.69, 9.17) is 15.6 Å². The highest BCUT2D eigenvalue weighted by atomic mass is 16.6. The zero-order valence-corrected chi connectivity index (χ0v) is 11.4. The summed E-state index contributed by atoms with van der Waals surface area (Å²) in [7, 11) is 0. The fourth-order valence-corrected chi connectivity index (χ4v) is 2.78. The summed E-state index contributed by atoms with van der Waals surface area (Å²) in [5.74, 6) is 0. The topological polar surface area (TPSA) is 75.8 Å². The van der Waals surface area contributed by atoms with Gasteiger partial charge >= 0.3 is 6.03 Å². The third kappa shape index (κ3) is 2.37. The number of primary amides is 1. The van der Waals surface area contributed by atoms with Crippen molar-refractivity contribution in [3.8, 4) is 0 Å². The number of anilines is 2. The van der Waals surface area contributed by atoms with Crippen LogP contribution in [0.15, 0.2) is 48.5 Å². The average Bonchev–Trinajstić information content (AvgIpc) is 2.62. The number of hydrogen-bond donors (Lipinski definition) is 2. The van der Waals surface area contributed by atoms with Gasteiger partial charge in [-0.1, -0.05) is 36.4 Å². The highest BCUT2D eigenvalue weighted by Gasteiger charge is 2.29. The number of carbonyl (C=O) groups is 1. The molecule has 5 nitrogen and oxygen atoms in total. The van der Waals surface area contributed by atoms with E-state index in [9.17, 15) is 4.79 Å². The summed E-state index contributed by atoms with van der Waals surface area (Å²) in [6, 6.07) is 14.5. The first-order valence-electron chi connectivity index (χ1n) is 6.71. The van der Waals surface area contributed by atoms with Crippen LogP contribution < -0.4 is 10.6 Å². The van der Waals surface area contributed by atoms with Crippen LogP contribution >= 0.6 is 0 Å². The minimum Gasteiger partial charge on any atom is -0.371 e. The minimum absolute atomic E-state index is 0.323. The van der Waals surface area contributed by atoms with Crippen LogP contribution in [0.5, 0.6) is 0 Å². The lowest BCUT2D eigenvalue weighted by Crippen LogP contribution is -2.32. The van der Waals surface area contributed by atoms with Gasteiger partial charge in [-0.15, -0.1) is 0 Å². The molecule has 21 heavy (non-hydrogen) atoms. The number of aliphatic hydroxyl groups is 1. The van der Waals surface area contributed by atoms with E-state index in [0.29, 0.717) is 12.1 Å². The van der Waals surface area contributed by atoms with Crippen molar-refractivity contribution in [1.82, 2.24) is 0 Å². The number of fused-ring (bicyclic) bond motifs is 2. The molecule has 1 heterocycles. The molecule has 0 aliphatic carbocycles. The molecule has 2 amide bonds. The lowest BCUT2D eigenvalue weighted by molar-refractivity contribution is -0.0506. The predicted octanol–water partition coefficient (Wildman–Crippen LogP) is 2.47. The van der Waals surface area contributed by atoms with E-state index in [1.165, 1.54) is 4.90 Å². The van der Waals surface area contributed by atoms with E-state index in [-0.39, 0.29) is 12.9 Å². The van der Waals surface area contributed by atoms with Crippen molar-refractivity contribution >= 4 is 17.4 Å². The second kappa shape index (κ2) is 5.55. The van der Waals surface area contributed by atoms with Gasteiger partial charge in [-0.2, -0.15) is 0 Å². The number of benzene rings is 2.